The number of halogens is 1. The predicted molar refractivity (Wildman–Crippen MR) is 129 cm³/mol. The van der Waals surface area contributed by atoms with Gasteiger partial charge in [-0.3, -0.25) is 4.68 Å². The Morgan fingerprint density at radius 1 is 1.34 bits per heavy atom. The van der Waals surface area contributed by atoms with E-state index in [-0.39, 0.29) is 41.1 Å². The third-order valence-corrected chi connectivity index (χ3v) is 5.82. The third-order valence-electron chi connectivity index (χ3n) is 5.18. The van der Waals surface area contributed by atoms with Gasteiger partial charge in [0, 0.05) is 49.8 Å². The summed E-state index contributed by atoms with van der Waals surface area (Å²) in [5, 5.41) is 16.8. The van der Waals surface area contributed by atoms with Crippen molar-refractivity contribution in [3.63, 3.8) is 0 Å². The van der Waals surface area contributed by atoms with Crippen LogP contribution in [0.25, 0.3) is 17.0 Å². The number of anilines is 1. The van der Waals surface area contributed by atoms with E-state index in [2.05, 4.69) is 30.1 Å². The molecule has 0 saturated heterocycles. The summed E-state index contributed by atoms with van der Waals surface area (Å²) in [6, 6.07) is 1.24. The summed E-state index contributed by atoms with van der Waals surface area (Å²) in [5.41, 5.74) is 1.16. The van der Waals surface area contributed by atoms with Crippen LogP contribution in [0.15, 0.2) is 29.5 Å². The van der Waals surface area contributed by atoms with Gasteiger partial charge in [0.15, 0.2) is 0 Å². The van der Waals surface area contributed by atoms with Crippen LogP contribution in [0.5, 0.6) is 0 Å². The average Bonchev–Trinajstić information content (AvgIpc) is 3.23. The van der Waals surface area contributed by atoms with E-state index >= 15 is 4.48 Å². The standard InChI is InChI=1S/C20H28FN9O4S/c1-12(2)29-11-14(15-6-8-22-18(25-15)24-10-13(3)28(4)20(31)32)17(26-29)16-7-9-23-19(30(16)21)27-35(5,33)34/h6-9,11-13,19,27H,10H2,1-5H3,(H,31,32)(H,22,24,25)/t13-,19?/m0/s1. The van der Waals surface area contributed by atoms with Crippen molar-refractivity contribution in [2.45, 2.75) is 39.1 Å². The van der Waals surface area contributed by atoms with E-state index in [9.17, 15) is 13.2 Å². The van der Waals surface area contributed by atoms with Gasteiger partial charge in [0.25, 0.3) is 0 Å². The Kier molecular flexibility index (Phi) is 7.70. The number of allylic oxidation sites excluding steroid dienone is 1. The van der Waals surface area contributed by atoms with Crippen LogP contribution < -0.4 is 10.0 Å². The molecule has 0 spiro atoms. The monoisotopic (exact) mass is 509 g/mol. The smallest absolute Gasteiger partial charge is 0.407 e. The van der Waals surface area contributed by atoms with Gasteiger partial charge in [-0.25, -0.2) is 28.2 Å². The van der Waals surface area contributed by atoms with Gasteiger partial charge in [-0.2, -0.15) is 14.9 Å². The maximum atomic E-state index is 15.2. The van der Waals surface area contributed by atoms with Gasteiger partial charge >= 0.3 is 6.09 Å². The largest absolute Gasteiger partial charge is 0.465 e. The molecule has 0 radical (unpaired) electrons. The summed E-state index contributed by atoms with van der Waals surface area (Å²) in [6.07, 6.45) is 4.32. The summed E-state index contributed by atoms with van der Waals surface area (Å²) < 4.78 is 42.2. The number of nitrogens with zero attached hydrogens (tertiary/aromatic N) is 7. The number of carboxylic acid groups (broad SMARTS) is 1. The van der Waals surface area contributed by atoms with Crippen LogP contribution in [0.2, 0.25) is 0 Å². The number of aromatic nitrogens is 4. The van der Waals surface area contributed by atoms with E-state index < -0.39 is 22.4 Å². The van der Waals surface area contributed by atoms with Crippen molar-refractivity contribution in [3.05, 3.63) is 30.2 Å². The van der Waals surface area contributed by atoms with Crippen molar-refractivity contribution in [2.24, 2.45) is 4.99 Å². The van der Waals surface area contributed by atoms with E-state index in [4.69, 9.17) is 5.11 Å². The molecule has 35 heavy (non-hydrogen) atoms. The molecule has 1 amide bonds. The van der Waals surface area contributed by atoms with Crippen molar-refractivity contribution < 1.29 is 22.8 Å². The van der Waals surface area contributed by atoms with Crippen LogP contribution in [0.4, 0.5) is 15.2 Å². The van der Waals surface area contributed by atoms with Crippen LogP contribution in [0, 0.1) is 0 Å². The Hall–Kier alpha value is -3.59. The molecule has 2 atom stereocenters. The molecule has 1 aliphatic rings. The average molecular weight is 510 g/mol. The molecule has 3 N–H and O–H groups in total. The second-order valence-electron chi connectivity index (χ2n) is 8.28. The van der Waals surface area contributed by atoms with Crippen molar-refractivity contribution in [2.75, 3.05) is 25.2 Å². The lowest BCUT2D eigenvalue weighted by atomic mass is 10.1. The Balaban J connectivity index is 1.94. The molecule has 2 aromatic rings. The fraction of sp³-hybridized carbons (Fsp3) is 0.450. The number of sulfonamides is 1. The second kappa shape index (κ2) is 10.4. The summed E-state index contributed by atoms with van der Waals surface area (Å²) in [4.78, 5) is 24.8. The highest BCUT2D eigenvalue weighted by molar-refractivity contribution is 7.88. The minimum Gasteiger partial charge on any atom is -0.465 e. The molecule has 0 bridgehead atoms. The van der Waals surface area contributed by atoms with Crippen molar-refractivity contribution in [1.82, 2.24) is 34.5 Å². The number of hydrogen-bond donors (Lipinski definition) is 3. The summed E-state index contributed by atoms with van der Waals surface area (Å²) in [5.74, 6) is 0.254. The SMILES string of the molecule is CC(C)n1cc(-c2ccnc(NC[C@H](C)N(C)C(=O)O)n2)c(C2=CC=NC(NS(C)(=O)=O)N2F)n1. The molecule has 0 aromatic carbocycles. The number of carbonyl (C=O) groups is 1. The zero-order valence-electron chi connectivity index (χ0n) is 19.9. The third kappa shape index (κ3) is 6.30. The number of nitrogens with one attached hydrogen (secondary N) is 2. The molecular weight excluding hydrogens is 481 g/mol. The zero-order valence-corrected chi connectivity index (χ0v) is 20.7. The van der Waals surface area contributed by atoms with Crippen LogP contribution in [0.3, 0.4) is 0 Å². The highest BCUT2D eigenvalue weighted by Crippen LogP contribution is 2.32. The number of amides is 1. The zero-order chi connectivity index (χ0) is 25.9. The van der Waals surface area contributed by atoms with Gasteiger partial charge in [0.05, 0.1) is 11.9 Å². The first-order valence-corrected chi connectivity index (χ1v) is 12.5. The number of hydrogen-bond acceptors (Lipinski definition) is 9. The highest BCUT2D eigenvalue weighted by atomic mass is 32.2. The summed E-state index contributed by atoms with van der Waals surface area (Å²) >= 11 is 0. The van der Waals surface area contributed by atoms with Crippen molar-refractivity contribution in [1.29, 1.82) is 0 Å². The predicted octanol–water partition coefficient (Wildman–Crippen LogP) is 1.78. The fourth-order valence-corrected chi connectivity index (χ4v) is 3.63. The molecule has 0 fully saturated rings. The van der Waals surface area contributed by atoms with Crippen LogP contribution >= 0.6 is 0 Å². The van der Waals surface area contributed by atoms with Gasteiger partial charge < -0.3 is 15.3 Å². The Morgan fingerprint density at radius 3 is 2.69 bits per heavy atom. The molecule has 1 aliphatic heterocycles. The molecule has 3 rings (SSSR count). The molecule has 1 unspecified atom stereocenters. The van der Waals surface area contributed by atoms with Gasteiger partial charge in [0.1, 0.15) is 11.4 Å². The molecule has 3 heterocycles. The minimum atomic E-state index is -3.73. The van der Waals surface area contributed by atoms with Crippen molar-refractivity contribution in [3.8, 4) is 11.3 Å². The van der Waals surface area contributed by atoms with Gasteiger partial charge in [-0.1, -0.05) is 4.48 Å². The summed E-state index contributed by atoms with van der Waals surface area (Å²) in [6.45, 7) is 5.82. The van der Waals surface area contributed by atoms with Gasteiger partial charge in [-0.05, 0) is 32.9 Å². The molecule has 2 aromatic heterocycles. The number of likely N-dealkylation sites (N-methyl/N-ethyl adjacent to an activating group) is 1. The molecule has 0 saturated carbocycles. The highest BCUT2D eigenvalue weighted by Gasteiger charge is 2.30. The second-order valence-corrected chi connectivity index (χ2v) is 10.1. The first-order chi connectivity index (χ1) is 16.4. The topological polar surface area (TPSA) is 158 Å². The first-order valence-electron chi connectivity index (χ1n) is 10.7. The molecule has 15 heteroatoms. The van der Waals surface area contributed by atoms with E-state index in [1.807, 2.05) is 13.8 Å². The lowest BCUT2D eigenvalue weighted by Crippen LogP contribution is -2.43. The van der Waals surface area contributed by atoms with Crippen LogP contribution in [-0.2, 0) is 10.0 Å². The van der Waals surface area contributed by atoms with Crippen LogP contribution in [0.1, 0.15) is 32.5 Å². The Bertz CT molecular complexity index is 1240. The molecule has 190 valence electrons. The summed E-state index contributed by atoms with van der Waals surface area (Å²) in [7, 11) is -2.26. The lowest BCUT2D eigenvalue weighted by Gasteiger charge is -2.26. The quantitative estimate of drug-likeness (QED) is 0.428. The van der Waals surface area contributed by atoms with Gasteiger partial charge in [-0.15, -0.1) is 0 Å². The van der Waals surface area contributed by atoms with E-state index in [1.54, 1.807) is 23.9 Å². The van der Waals surface area contributed by atoms with Crippen LogP contribution in [-0.4, -0.2) is 87.8 Å². The Morgan fingerprint density at radius 2 is 2.06 bits per heavy atom. The minimum absolute atomic E-state index is 0.000349. The number of aliphatic imine (C=N–C) groups is 1. The maximum Gasteiger partial charge on any atom is 0.407 e. The normalized spacial score (nSPS) is 16.8. The Labute approximate surface area is 202 Å². The van der Waals surface area contributed by atoms with Crippen molar-refractivity contribution >= 4 is 34.0 Å². The fourth-order valence-electron chi connectivity index (χ4n) is 3.10. The molecule has 0 aliphatic carbocycles. The maximum absolute atomic E-state index is 15.2. The number of rotatable bonds is 9. The van der Waals surface area contributed by atoms with E-state index in [0.29, 0.717) is 11.3 Å². The first kappa shape index (κ1) is 26.0. The molecular formula is C20H28FN9O4S. The lowest BCUT2D eigenvalue weighted by molar-refractivity contribution is 0.0483. The van der Waals surface area contributed by atoms with Gasteiger partial charge in [0.2, 0.25) is 22.3 Å². The molecule has 13 nitrogen and oxygen atoms in total. The van der Waals surface area contributed by atoms with E-state index in [1.165, 1.54) is 25.5 Å². The van der Waals surface area contributed by atoms with E-state index in [0.717, 1.165) is 11.2 Å².